The van der Waals surface area contributed by atoms with Crippen molar-refractivity contribution in [2.75, 3.05) is 26.2 Å². The molecule has 0 bridgehead atoms. The molecular weight excluding hydrogens is 176 g/mol. The predicted octanol–water partition coefficient (Wildman–Crippen LogP) is 0.962. The van der Waals surface area contributed by atoms with E-state index in [1.165, 1.54) is 38.6 Å². The monoisotopic (exact) mass is 200 g/mol. The first-order valence-electron chi connectivity index (χ1n) is 5.93. The van der Waals surface area contributed by atoms with Gasteiger partial charge in [-0.05, 0) is 45.3 Å². The van der Waals surface area contributed by atoms with Gasteiger partial charge in [-0.25, -0.2) is 0 Å². The highest BCUT2D eigenvalue weighted by Gasteiger charge is 2.22. The zero-order valence-electron chi connectivity index (χ0n) is 9.12. The molecular formula is C11H24N2O. The summed E-state index contributed by atoms with van der Waals surface area (Å²) in [7, 11) is 0. The van der Waals surface area contributed by atoms with Gasteiger partial charge in [0.2, 0.25) is 0 Å². The van der Waals surface area contributed by atoms with Crippen LogP contribution in [0.5, 0.6) is 0 Å². The van der Waals surface area contributed by atoms with Gasteiger partial charge >= 0.3 is 0 Å². The number of nitrogens with zero attached hydrogens (tertiary/aromatic N) is 1. The third-order valence-corrected chi connectivity index (χ3v) is 3.11. The van der Waals surface area contributed by atoms with E-state index in [0.29, 0.717) is 12.6 Å². The van der Waals surface area contributed by atoms with Crippen LogP contribution in [0.3, 0.4) is 0 Å². The van der Waals surface area contributed by atoms with E-state index in [2.05, 4.69) is 4.90 Å². The number of nitrogens with two attached hydrogens (primary N) is 1. The standard InChI is InChI=1S/C11H24N2O/c12-7-3-1-2-4-8-13-9-5-6-11(13)10-14/h11,14H,1-10,12H2. The van der Waals surface area contributed by atoms with Crippen molar-refractivity contribution in [3.8, 4) is 0 Å². The molecule has 3 N–H and O–H groups in total. The molecule has 1 unspecified atom stereocenters. The van der Waals surface area contributed by atoms with E-state index in [4.69, 9.17) is 10.8 Å². The molecule has 1 atom stereocenters. The summed E-state index contributed by atoms with van der Waals surface area (Å²) in [5.74, 6) is 0. The molecule has 1 saturated heterocycles. The van der Waals surface area contributed by atoms with Gasteiger partial charge in [0.25, 0.3) is 0 Å². The second-order valence-electron chi connectivity index (χ2n) is 4.22. The van der Waals surface area contributed by atoms with Gasteiger partial charge in [0, 0.05) is 6.04 Å². The van der Waals surface area contributed by atoms with E-state index in [1.54, 1.807) is 0 Å². The van der Waals surface area contributed by atoms with E-state index < -0.39 is 0 Å². The summed E-state index contributed by atoms with van der Waals surface area (Å²) in [4.78, 5) is 2.43. The van der Waals surface area contributed by atoms with Gasteiger partial charge in [-0.15, -0.1) is 0 Å². The van der Waals surface area contributed by atoms with Crippen molar-refractivity contribution in [1.29, 1.82) is 0 Å². The average Bonchev–Trinajstić information content (AvgIpc) is 2.65. The Morgan fingerprint density at radius 3 is 2.71 bits per heavy atom. The first kappa shape index (κ1) is 12.0. The maximum absolute atomic E-state index is 9.12. The molecule has 0 spiro atoms. The lowest BCUT2D eigenvalue weighted by molar-refractivity contribution is 0.157. The maximum Gasteiger partial charge on any atom is 0.0586 e. The molecule has 3 nitrogen and oxygen atoms in total. The highest BCUT2D eigenvalue weighted by Crippen LogP contribution is 2.17. The quantitative estimate of drug-likeness (QED) is 0.602. The van der Waals surface area contributed by atoms with Gasteiger partial charge in [0.15, 0.2) is 0 Å². The lowest BCUT2D eigenvalue weighted by Crippen LogP contribution is -2.32. The molecule has 0 aliphatic carbocycles. The van der Waals surface area contributed by atoms with Gasteiger partial charge in [-0.1, -0.05) is 12.8 Å². The first-order chi connectivity index (χ1) is 6.88. The van der Waals surface area contributed by atoms with Crippen molar-refractivity contribution in [1.82, 2.24) is 4.90 Å². The van der Waals surface area contributed by atoms with Crippen molar-refractivity contribution in [3.05, 3.63) is 0 Å². The number of hydrogen-bond donors (Lipinski definition) is 2. The van der Waals surface area contributed by atoms with E-state index in [0.717, 1.165) is 19.5 Å². The Morgan fingerprint density at radius 1 is 1.21 bits per heavy atom. The van der Waals surface area contributed by atoms with E-state index in [1.807, 2.05) is 0 Å². The van der Waals surface area contributed by atoms with E-state index >= 15 is 0 Å². The highest BCUT2D eigenvalue weighted by atomic mass is 16.3. The molecule has 0 aromatic rings. The molecule has 3 heteroatoms. The zero-order chi connectivity index (χ0) is 10.2. The zero-order valence-corrected chi connectivity index (χ0v) is 9.12. The largest absolute Gasteiger partial charge is 0.395 e. The minimum absolute atomic E-state index is 0.336. The van der Waals surface area contributed by atoms with Crippen molar-refractivity contribution in [3.63, 3.8) is 0 Å². The minimum Gasteiger partial charge on any atom is -0.395 e. The predicted molar refractivity (Wildman–Crippen MR) is 59.2 cm³/mol. The summed E-state index contributed by atoms with van der Waals surface area (Å²) in [6, 6.07) is 0.449. The van der Waals surface area contributed by atoms with Crippen LogP contribution in [0, 0.1) is 0 Å². The lowest BCUT2D eigenvalue weighted by Gasteiger charge is -2.22. The Kier molecular flexibility index (Phi) is 6.15. The van der Waals surface area contributed by atoms with Crippen LogP contribution in [0.2, 0.25) is 0 Å². The molecule has 1 aliphatic rings. The number of rotatable bonds is 7. The highest BCUT2D eigenvalue weighted by molar-refractivity contribution is 4.77. The maximum atomic E-state index is 9.12. The molecule has 1 aliphatic heterocycles. The summed E-state index contributed by atoms with van der Waals surface area (Å²) in [6.45, 7) is 3.50. The summed E-state index contributed by atoms with van der Waals surface area (Å²) in [6.07, 6.45) is 7.40. The second kappa shape index (κ2) is 7.21. The van der Waals surface area contributed by atoms with E-state index in [9.17, 15) is 0 Å². The molecule has 14 heavy (non-hydrogen) atoms. The summed E-state index contributed by atoms with van der Waals surface area (Å²) >= 11 is 0. The van der Waals surface area contributed by atoms with E-state index in [-0.39, 0.29) is 0 Å². The van der Waals surface area contributed by atoms with Crippen molar-refractivity contribution in [2.45, 2.75) is 44.6 Å². The summed E-state index contributed by atoms with van der Waals surface area (Å²) in [5.41, 5.74) is 5.43. The number of hydrogen-bond acceptors (Lipinski definition) is 3. The van der Waals surface area contributed by atoms with Gasteiger partial charge in [-0.2, -0.15) is 0 Å². The molecule has 84 valence electrons. The van der Waals surface area contributed by atoms with Crippen molar-refractivity contribution >= 4 is 0 Å². The number of unbranched alkanes of at least 4 members (excludes halogenated alkanes) is 3. The van der Waals surface area contributed by atoms with Crippen LogP contribution >= 0.6 is 0 Å². The Balaban J connectivity index is 2.00. The van der Waals surface area contributed by atoms with Crippen LogP contribution in [0.25, 0.3) is 0 Å². The fourth-order valence-electron chi connectivity index (χ4n) is 2.21. The Bertz CT molecular complexity index is 141. The fraction of sp³-hybridized carbons (Fsp3) is 1.00. The van der Waals surface area contributed by atoms with Gasteiger partial charge < -0.3 is 10.8 Å². The van der Waals surface area contributed by atoms with Crippen LogP contribution < -0.4 is 5.73 Å². The lowest BCUT2D eigenvalue weighted by atomic mass is 10.2. The molecule has 0 aromatic carbocycles. The smallest absolute Gasteiger partial charge is 0.0586 e. The van der Waals surface area contributed by atoms with Crippen molar-refractivity contribution < 1.29 is 5.11 Å². The molecule has 1 fully saturated rings. The van der Waals surface area contributed by atoms with Crippen LogP contribution in [0.15, 0.2) is 0 Å². The molecule has 1 heterocycles. The Morgan fingerprint density at radius 2 is 2.00 bits per heavy atom. The SMILES string of the molecule is NCCCCCCN1CCCC1CO. The Hall–Kier alpha value is -0.120. The third-order valence-electron chi connectivity index (χ3n) is 3.11. The number of aliphatic hydroxyl groups excluding tert-OH is 1. The van der Waals surface area contributed by atoms with Gasteiger partial charge in [0.1, 0.15) is 0 Å². The van der Waals surface area contributed by atoms with Crippen LogP contribution in [-0.4, -0.2) is 42.3 Å². The van der Waals surface area contributed by atoms with Crippen LogP contribution in [0.4, 0.5) is 0 Å². The molecule has 0 amide bonds. The second-order valence-corrected chi connectivity index (χ2v) is 4.22. The molecule has 1 rings (SSSR count). The minimum atomic E-state index is 0.336. The normalized spacial score (nSPS) is 23.1. The Labute approximate surface area is 87.3 Å². The summed E-state index contributed by atoms with van der Waals surface area (Å²) < 4.78 is 0. The number of likely N-dealkylation sites (tertiary alicyclic amines) is 1. The molecule has 0 aromatic heterocycles. The first-order valence-corrected chi connectivity index (χ1v) is 5.93. The topological polar surface area (TPSA) is 49.5 Å². The fourth-order valence-corrected chi connectivity index (χ4v) is 2.21. The van der Waals surface area contributed by atoms with Crippen LogP contribution in [-0.2, 0) is 0 Å². The summed E-state index contributed by atoms with van der Waals surface area (Å²) in [5, 5.41) is 9.12. The van der Waals surface area contributed by atoms with Gasteiger partial charge in [-0.3, -0.25) is 4.90 Å². The number of aliphatic hydroxyl groups is 1. The third kappa shape index (κ3) is 3.95. The van der Waals surface area contributed by atoms with Crippen molar-refractivity contribution in [2.24, 2.45) is 5.73 Å². The van der Waals surface area contributed by atoms with Gasteiger partial charge in [0.05, 0.1) is 6.61 Å². The molecule has 0 saturated carbocycles. The average molecular weight is 200 g/mol. The van der Waals surface area contributed by atoms with Crippen LogP contribution in [0.1, 0.15) is 38.5 Å². The molecule has 0 radical (unpaired) electrons.